The maximum absolute atomic E-state index is 13.4. The molecule has 5 heterocycles. The number of hydrogen-bond donors (Lipinski definition) is 1. The van der Waals surface area contributed by atoms with Crippen LogP contribution in [0.25, 0.3) is 5.82 Å². The van der Waals surface area contributed by atoms with E-state index in [4.69, 9.17) is 9.72 Å². The molecule has 1 N–H and O–H groups in total. The van der Waals surface area contributed by atoms with Crippen molar-refractivity contribution in [2.24, 2.45) is 11.3 Å². The lowest BCUT2D eigenvalue weighted by Crippen LogP contribution is -2.41. The topological polar surface area (TPSA) is 124 Å². The minimum atomic E-state index is -4.15. The molecule has 1 atom stereocenters. The van der Waals surface area contributed by atoms with E-state index < -0.39 is 15.9 Å². The van der Waals surface area contributed by atoms with E-state index in [9.17, 15) is 13.2 Å². The number of carbonyl (C=O) groups excluding carboxylic acids is 1. The summed E-state index contributed by atoms with van der Waals surface area (Å²) >= 11 is 0. The standard InChI is InChI=1S/C27H35N7O4S/c1-26(2)17-19-5-4-13-32-14-9-23(30-32)39(36,37)31-25(35)20-6-7-21(28-24(20)33(26)18-19)34-15-8-22(29-34)38-16-12-27(3)10-11-27/h6-9,14-15,19H,4-5,10-13,16-18H2,1-3H3,(H,31,35). The molecule has 0 aromatic carbocycles. The molecule has 2 aliphatic heterocycles. The Bertz CT molecular complexity index is 1510. The zero-order valence-electron chi connectivity index (χ0n) is 22.6. The van der Waals surface area contributed by atoms with Gasteiger partial charge in [-0.2, -0.15) is 13.5 Å². The van der Waals surface area contributed by atoms with E-state index in [0.717, 1.165) is 25.7 Å². The van der Waals surface area contributed by atoms with Crippen LogP contribution in [0.5, 0.6) is 5.88 Å². The molecule has 1 saturated heterocycles. The van der Waals surface area contributed by atoms with Gasteiger partial charge in [0.05, 0.1) is 12.2 Å². The monoisotopic (exact) mass is 553 g/mol. The summed E-state index contributed by atoms with van der Waals surface area (Å²) in [5.74, 6) is 1.14. The SMILES string of the molecule is CC1(CCOc2ccn(-c3ccc4c(n3)N3CC(CCCn5ccc(n5)S(=O)(=O)NC4=O)CC3(C)C)n2)CC1. The zero-order chi connectivity index (χ0) is 27.4. The molecule has 39 heavy (non-hydrogen) atoms. The fourth-order valence-corrected chi connectivity index (χ4v) is 6.57. The van der Waals surface area contributed by atoms with E-state index in [-0.39, 0.29) is 16.1 Å². The fraction of sp³-hybridized carbons (Fsp3) is 0.556. The van der Waals surface area contributed by atoms with Crippen LogP contribution in [-0.2, 0) is 16.6 Å². The minimum Gasteiger partial charge on any atom is -0.477 e. The van der Waals surface area contributed by atoms with Gasteiger partial charge in [0.2, 0.25) is 5.88 Å². The molecule has 3 aromatic heterocycles. The summed E-state index contributed by atoms with van der Waals surface area (Å²) in [6.07, 6.45) is 9.68. The lowest BCUT2D eigenvalue weighted by molar-refractivity contribution is 0.0981. The molecule has 3 aromatic rings. The first-order valence-corrected chi connectivity index (χ1v) is 15.1. The average Bonchev–Trinajstić information content (AvgIpc) is 3.24. The number of rotatable bonds is 5. The van der Waals surface area contributed by atoms with Crippen molar-refractivity contribution in [3.8, 4) is 11.7 Å². The quantitative estimate of drug-likeness (QED) is 0.509. The first kappa shape index (κ1) is 25.8. The summed E-state index contributed by atoms with van der Waals surface area (Å²) in [5, 5.41) is 8.56. The Morgan fingerprint density at radius 1 is 1.10 bits per heavy atom. The summed E-state index contributed by atoms with van der Waals surface area (Å²) in [7, 11) is -4.15. The molecule has 2 fully saturated rings. The van der Waals surface area contributed by atoms with Crippen molar-refractivity contribution in [1.29, 1.82) is 0 Å². The third kappa shape index (κ3) is 5.26. The van der Waals surface area contributed by atoms with Crippen LogP contribution < -0.4 is 14.4 Å². The van der Waals surface area contributed by atoms with E-state index in [0.29, 0.717) is 48.5 Å². The molecule has 1 amide bonds. The van der Waals surface area contributed by atoms with Crippen LogP contribution in [0.1, 0.15) is 69.7 Å². The summed E-state index contributed by atoms with van der Waals surface area (Å²) in [4.78, 5) is 20.4. The van der Waals surface area contributed by atoms with Gasteiger partial charge in [-0.1, -0.05) is 6.92 Å². The number of aromatic nitrogens is 5. The normalized spacial score (nSPS) is 23.0. The van der Waals surface area contributed by atoms with E-state index in [1.165, 1.54) is 18.9 Å². The Hall–Kier alpha value is -3.41. The predicted molar refractivity (Wildman–Crippen MR) is 144 cm³/mol. The van der Waals surface area contributed by atoms with Gasteiger partial charge in [-0.05, 0) is 81.9 Å². The molecule has 3 aliphatic rings. The van der Waals surface area contributed by atoms with Gasteiger partial charge in [-0.3, -0.25) is 9.48 Å². The second-order valence-electron chi connectivity index (χ2n) is 12.0. The third-order valence-electron chi connectivity index (χ3n) is 8.30. The van der Waals surface area contributed by atoms with Crippen LogP contribution in [0.15, 0.2) is 41.7 Å². The maximum atomic E-state index is 13.4. The number of pyridine rings is 1. The van der Waals surface area contributed by atoms with Crippen LogP contribution >= 0.6 is 0 Å². The maximum Gasteiger partial charge on any atom is 0.283 e. The van der Waals surface area contributed by atoms with Gasteiger partial charge in [0.15, 0.2) is 10.8 Å². The number of nitrogens with one attached hydrogen (secondary N) is 1. The van der Waals surface area contributed by atoms with Crippen molar-refractivity contribution in [3.63, 3.8) is 0 Å². The number of aryl methyl sites for hydroxylation is 1. The molecule has 11 nitrogen and oxygen atoms in total. The zero-order valence-corrected chi connectivity index (χ0v) is 23.4. The molecular formula is C27H35N7O4S. The number of nitrogens with zero attached hydrogens (tertiary/aromatic N) is 6. The summed E-state index contributed by atoms with van der Waals surface area (Å²) < 4.78 is 37.3. The van der Waals surface area contributed by atoms with Crippen molar-refractivity contribution in [1.82, 2.24) is 29.3 Å². The molecule has 208 valence electrons. The first-order valence-electron chi connectivity index (χ1n) is 13.6. The Labute approximate surface area is 228 Å². The van der Waals surface area contributed by atoms with E-state index >= 15 is 0 Å². The highest BCUT2D eigenvalue weighted by atomic mass is 32.2. The predicted octanol–water partition coefficient (Wildman–Crippen LogP) is 3.55. The molecular weight excluding hydrogens is 518 g/mol. The van der Waals surface area contributed by atoms with Crippen molar-refractivity contribution >= 4 is 21.7 Å². The van der Waals surface area contributed by atoms with Crippen molar-refractivity contribution in [2.75, 3.05) is 18.1 Å². The van der Waals surface area contributed by atoms with Crippen LogP contribution in [0, 0.1) is 11.3 Å². The van der Waals surface area contributed by atoms with E-state index in [1.807, 2.05) is 0 Å². The average molecular weight is 554 g/mol. The molecule has 4 bridgehead atoms. The molecule has 0 radical (unpaired) electrons. The van der Waals surface area contributed by atoms with Crippen LogP contribution in [0.3, 0.4) is 0 Å². The highest BCUT2D eigenvalue weighted by molar-refractivity contribution is 7.90. The third-order valence-corrected chi connectivity index (χ3v) is 9.52. The number of sulfonamides is 1. The van der Waals surface area contributed by atoms with Crippen LogP contribution in [-0.4, -0.2) is 57.6 Å². The Balaban J connectivity index is 1.34. The number of ether oxygens (including phenoxy) is 1. The highest BCUT2D eigenvalue weighted by Crippen LogP contribution is 2.48. The summed E-state index contributed by atoms with van der Waals surface area (Å²) in [6.45, 7) is 8.48. The van der Waals surface area contributed by atoms with Gasteiger partial charge in [-0.25, -0.2) is 14.4 Å². The van der Waals surface area contributed by atoms with Gasteiger partial charge in [0, 0.05) is 37.1 Å². The number of amides is 1. The van der Waals surface area contributed by atoms with Gasteiger partial charge >= 0.3 is 0 Å². The molecule has 0 spiro atoms. The molecule has 1 unspecified atom stereocenters. The fourth-order valence-electron chi connectivity index (χ4n) is 5.66. The number of anilines is 1. The Morgan fingerprint density at radius 3 is 2.72 bits per heavy atom. The second kappa shape index (κ2) is 9.35. The number of carbonyl (C=O) groups is 1. The van der Waals surface area contributed by atoms with Crippen molar-refractivity contribution in [2.45, 2.75) is 76.4 Å². The summed E-state index contributed by atoms with van der Waals surface area (Å²) in [5.41, 5.74) is 0.316. The Morgan fingerprint density at radius 2 is 1.92 bits per heavy atom. The first-order chi connectivity index (χ1) is 18.5. The van der Waals surface area contributed by atoms with E-state index in [1.54, 1.807) is 40.0 Å². The molecule has 1 saturated carbocycles. The van der Waals surface area contributed by atoms with Gasteiger partial charge in [0.1, 0.15) is 5.82 Å². The molecule has 6 rings (SSSR count). The molecule has 1 aliphatic carbocycles. The smallest absolute Gasteiger partial charge is 0.283 e. The van der Waals surface area contributed by atoms with Crippen LogP contribution in [0.2, 0.25) is 0 Å². The van der Waals surface area contributed by atoms with Gasteiger partial charge in [0.25, 0.3) is 15.9 Å². The largest absolute Gasteiger partial charge is 0.477 e. The second-order valence-corrected chi connectivity index (χ2v) is 13.7. The summed E-state index contributed by atoms with van der Waals surface area (Å²) in [6, 6.07) is 6.51. The Kier molecular flexibility index (Phi) is 6.20. The van der Waals surface area contributed by atoms with Crippen molar-refractivity contribution in [3.05, 3.63) is 42.2 Å². The van der Waals surface area contributed by atoms with E-state index in [2.05, 4.69) is 40.6 Å². The minimum absolute atomic E-state index is 0.178. The molecule has 12 heteroatoms. The van der Waals surface area contributed by atoms with Crippen LogP contribution in [0.4, 0.5) is 5.82 Å². The van der Waals surface area contributed by atoms with Gasteiger partial charge < -0.3 is 9.64 Å². The van der Waals surface area contributed by atoms with Gasteiger partial charge in [-0.15, -0.1) is 5.10 Å². The lowest BCUT2D eigenvalue weighted by atomic mass is 9.93. The number of fused-ring (bicyclic) bond motifs is 6. The van der Waals surface area contributed by atoms with Crippen molar-refractivity contribution < 1.29 is 17.9 Å². The highest BCUT2D eigenvalue weighted by Gasteiger charge is 2.41. The number of hydrogen-bond acceptors (Lipinski definition) is 8. The lowest BCUT2D eigenvalue weighted by Gasteiger charge is -2.34.